The molecule has 0 aromatic carbocycles. The maximum absolute atomic E-state index is 10.2. The van der Waals surface area contributed by atoms with Crippen molar-refractivity contribution < 1.29 is 9.90 Å². The van der Waals surface area contributed by atoms with Crippen molar-refractivity contribution in [2.24, 2.45) is 0 Å². The molecule has 0 heterocycles. The van der Waals surface area contributed by atoms with Crippen molar-refractivity contribution in [3.05, 3.63) is 0 Å². The van der Waals surface area contributed by atoms with E-state index in [0.29, 0.717) is 5.88 Å². The number of carboxylic acids is 1. The lowest BCUT2D eigenvalue weighted by atomic mass is 10.8. The maximum Gasteiger partial charge on any atom is 0.353 e. The summed E-state index contributed by atoms with van der Waals surface area (Å²) in [5, 5.41) is 8.41. The Morgan fingerprint density at radius 1 is 1.70 bits per heavy atom. The van der Waals surface area contributed by atoms with E-state index in [1.165, 1.54) is 0 Å². The van der Waals surface area contributed by atoms with Gasteiger partial charge in [-0.15, -0.1) is 11.6 Å². The molecular formula is C6H12ClO2S+. The highest BCUT2D eigenvalue weighted by Gasteiger charge is 2.18. The summed E-state index contributed by atoms with van der Waals surface area (Å²) in [4.78, 5) is 10.2. The minimum Gasteiger partial charge on any atom is -0.478 e. The number of hydrogen-bond acceptors (Lipinski definition) is 1. The fraction of sp³-hybridized carbons (Fsp3) is 0.833. The van der Waals surface area contributed by atoms with Gasteiger partial charge in [-0.2, -0.15) is 0 Å². The molecular weight excluding hydrogens is 172 g/mol. The third kappa shape index (κ3) is 4.94. The van der Waals surface area contributed by atoms with E-state index in [1.54, 1.807) is 0 Å². The van der Waals surface area contributed by atoms with Crippen LogP contribution in [0.15, 0.2) is 0 Å². The van der Waals surface area contributed by atoms with Crippen molar-refractivity contribution in [3.8, 4) is 0 Å². The first-order chi connectivity index (χ1) is 4.70. The molecule has 0 saturated heterocycles. The Morgan fingerprint density at radius 2 is 2.30 bits per heavy atom. The molecule has 0 spiro atoms. The molecule has 0 bridgehead atoms. The van der Waals surface area contributed by atoms with Crippen LogP contribution in [0.4, 0.5) is 0 Å². The molecule has 0 aromatic rings. The van der Waals surface area contributed by atoms with Crippen LogP contribution in [0.3, 0.4) is 0 Å². The van der Waals surface area contributed by atoms with E-state index in [2.05, 4.69) is 0 Å². The lowest BCUT2D eigenvalue weighted by Gasteiger charge is -1.99. The van der Waals surface area contributed by atoms with Crippen LogP contribution >= 0.6 is 11.6 Å². The van der Waals surface area contributed by atoms with E-state index in [0.717, 1.165) is 11.5 Å². The first-order valence-electron chi connectivity index (χ1n) is 3.12. The largest absolute Gasteiger partial charge is 0.478 e. The van der Waals surface area contributed by atoms with Crippen LogP contribution in [-0.4, -0.2) is 34.2 Å². The number of carboxylic acid groups (broad SMARTS) is 1. The van der Waals surface area contributed by atoms with Crippen molar-refractivity contribution >= 4 is 28.5 Å². The van der Waals surface area contributed by atoms with Crippen LogP contribution in [0.2, 0.25) is 0 Å². The second kappa shape index (κ2) is 5.86. The van der Waals surface area contributed by atoms with Gasteiger partial charge in [-0.05, 0) is 17.8 Å². The Kier molecular flexibility index (Phi) is 5.93. The second-order valence-electron chi connectivity index (χ2n) is 1.83. The van der Waals surface area contributed by atoms with Crippen molar-refractivity contribution in [2.45, 2.75) is 6.92 Å². The number of halogens is 1. The van der Waals surface area contributed by atoms with Gasteiger partial charge in [0.2, 0.25) is 5.75 Å². The third-order valence-corrected chi connectivity index (χ3v) is 3.77. The van der Waals surface area contributed by atoms with Crippen molar-refractivity contribution in [1.82, 2.24) is 0 Å². The van der Waals surface area contributed by atoms with Crippen molar-refractivity contribution in [1.29, 1.82) is 0 Å². The van der Waals surface area contributed by atoms with Gasteiger partial charge < -0.3 is 5.11 Å². The van der Waals surface area contributed by atoms with E-state index >= 15 is 0 Å². The summed E-state index contributed by atoms with van der Waals surface area (Å²) in [5.74, 6) is 1.91. The zero-order valence-corrected chi connectivity index (χ0v) is 7.54. The minimum absolute atomic E-state index is 0.00694. The SMILES string of the molecule is CC[S+](CCCl)CC(=O)O. The van der Waals surface area contributed by atoms with Gasteiger partial charge in [0.15, 0.2) is 0 Å². The normalized spacial score (nSPS) is 13.0. The molecule has 10 heavy (non-hydrogen) atoms. The number of rotatable bonds is 5. The zero-order valence-electron chi connectivity index (χ0n) is 5.97. The molecule has 60 valence electrons. The van der Waals surface area contributed by atoms with Crippen LogP contribution in [0.5, 0.6) is 0 Å². The third-order valence-electron chi connectivity index (χ3n) is 1.10. The molecule has 1 N–H and O–H groups in total. The fourth-order valence-electron chi connectivity index (χ4n) is 0.602. The summed E-state index contributed by atoms with van der Waals surface area (Å²) < 4.78 is 0. The summed E-state index contributed by atoms with van der Waals surface area (Å²) in [6.45, 7) is 2.00. The summed E-state index contributed by atoms with van der Waals surface area (Å²) in [6.07, 6.45) is 0. The summed E-state index contributed by atoms with van der Waals surface area (Å²) in [5.41, 5.74) is 0. The summed E-state index contributed by atoms with van der Waals surface area (Å²) in [7, 11) is 0.00694. The van der Waals surface area contributed by atoms with E-state index in [1.807, 2.05) is 6.92 Å². The predicted octanol–water partition coefficient (Wildman–Crippen LogP) is 0.948. The highest BCUT2D eigenvalue weighted by molar-refractivity contribution is 7.97. The average Bonchev–Trinajstić information content (AvgIpc) is 1.86. The maximum atomic E-state index is 10.2. The van der Waals surface area contributed by atoms with Gasteiger partial charge >= 0.3 is 5.97 Å². The molecule has 0 aliphatic carbocycles. The van der Waals surface area contributed by atoms with Gasteiger partial charge in [0, 0.05) is 0 Å². The molecule has 4 heteroatoms. The molecule has 1 atom stereocenters. The summed E-state index contributed by atoms with van der Waals surface area (Å²) >= 11 is 5.47. The Hall–Kier alpha value is 0.110. The van der Waals surface area contributed by atoms with E-state index in [4.69, 9.17) is 16.7 Å². The van der Waals surface area contributed by atoms with Crippen LogP contribution in [0.25, 0.3) is 0 Å². The second-order valence-corrected chi connectivity index (χ2v) is 4.71. The van der Waals surface area contributed by atoms with Gasteiger partial charge in [-0.3, -0.25) is 0 Å². The van der Waals surface area contributed by atoms with Crippen LogP contribution < -0.4 is 0 Å². The van der Waals surface area contributed by atoms with Gasteiger partial charge in [0.1, 0.15) is 11.5 Å². The number of carbonyl (C=O) groups is 1. The van der Waals surface area contributed by atoms with Gasteiger partial charge in [-0.25, -0.2) is 4.79 Å². The number of alkyl halides is 1. The molecule has 0 saturated carbocycles. The lowest BCUT2D eigenvalue weighted by molar-refractivity contribution is -0.133. The molecule has 0 rings (SSSR count). The quantitative estimate of drug-likeness (QED) is 0.509. The minimum atomic E-state index is -0.713. The molecule has 0 aliphatic rings. The van der Waals surface area contributed by atoms with E-state index in [-0.39, 0.29) is 16.6 Å². The van der Waals surface area contributed by atoms with Crippen LogP contribution in [0.1, 0.15) is 6.92 Å². The van der Waals surface area contributed by atoms with Gasteiger partial charge in [0.05, 0.1) is 5.88 Å². The Balaban J connectivity index is 3.49. The molecule has 0 aliphatic heterocycles. The number of aliphatic carboxylic acids is 1. The summed E-state index contributed by atoms with van der Waals surface area (Å²) in [6, 6.07) is 0. The average molecular weight is 184 g/mol. The molecule has 0 fully saturated rings. The topological polar surface area (TPSA) is 37.3 Å². The smallest absolute Gasteiger partial charge is 0.353 e. The number of hydrogen-bond donors (Lipinski definition) is 1. The first-order valence-corrected chi connectivity index (χ1v) is 5.39. The van der Waals surface area contributed by atoms with E-state index < -0.39 is 5.97 Å². The van der Waals surface area contributed by atoms with Gasteiger partial charge in [-0.1, -0.05) is 0 Å². The predicted molar refractivity (Wildman–Crippen MR) is 46.0 cm³/mol. The monoisotopic (exact) mass is 183 g/mol. The van der Waals surface area contributed by atoms with Crippen LogP contribution in [-0.2, 0) is 15.7 Å². The highest BCUT2D eigenvalue weighted by Crippen LogP contribution is 1.97. The lowest BCUT2D eigenvalue weighted by Crippen LogP contribution is -2.21. The molecule has 0 amide bonds. The fourth-order valence-corrected chi connectivity index (χ4v) is 2.46. The molecule has 0 radical (unpaired) electrons. The van der Waals surface area contributed by atoms with Crippen LogP contribution in [0, 0.1) is 0 Å². The van der Waals surface area contributed by atoms with Crippen molar-refractivity contribution in [2.75, 3.05) is 23.1 Å². The van der Waals surface area contributed by atoms with Crippen molar-refractivity contribution in [3.63, 3.8) is 0 Å². The first kappa shape index (κ1) is 10.1. The Morgan fingerprint density at radius 3 is 2.60 bits per heavy atom. The zero-order chi connectivity index (χ0) is 7.98. The van der Waals surface area contributed by atoms with E-state index in [9.17, 15) is 4.79 Å². The van der Waals surface area contributed by atoms with Gasteiger partial charge in [0.25, 0.3) is 0 Å². The molecule has 2 nitrogen and oxygen atoms in total. The molecule has 0 aromatic heterocycles. The Bertz CT molecular complexity index is 108. The standard InChI is InChI=1S/C6H11ClO2S/c1-2-10(4-3-7)5-6(8)9/h2-5H2,1H3/p+1. The highest BCUT2D eigenvalue weighted by atomic mass is 35.5. The Labute approximate surface area is 68.9 Å². The molecule has 1 unspecified atom stereocenters.